The molecule has 0 saturated heterocycles. The van der Waals surface area contributed by atoms with E-state index in [1.165, 1.54) is 12.1 Å². The Hall–Kier alpha value is -1.82. The lowest BCUT2D eigenvalue weighted by Crippen LogP contribution is -2.05. The molecule has 2 rings (SSSR count). The van der Waals surface area contributed by atoms with Crippen molar-refractivity contribution in [2.24, 2.45) is 0 Å². The van der Waals surface area contributed by atoms with E-state index in [1.54, 1.807) is 19.9 Å². The van der Waals surface area contributed by atoms with Gasteiger partial charge in [0, 0.05) is 22.9 Å². The van der Waals surface area contributed by atoms with Crippen LogP contribution in [0.4, 0.5) is 0 Å². The van der Waals surface area contributed by atoms with Gasteiger partial charge >= 0.3 is 5.97 Å². The van der Waals surface area contributed by atoms with Gasteiger partial charge in [0.05, 0.1) is 17.1 Å². The molecule has 2 aromatic rings. The fourth-order valence-corrected chi connectivity index (χ4v) is 2.66. The maximum atomic E-state index is 11.9. The van der Waals surface area contributed by atoms with Crippen LogP contribution < -0.4 is 0 Å². The van der Waals surface area contributed by atoms with Gasteiger partial charge in [0.1, 0.15) is 0 Å². The molecule has 1 aromatic carbocycles. The van der Waals surface area contributed by atoms with Gasteiger partial charge in [0.2, 0.25) is 0 Å². The maximum Gasteiger partial charge on any atom is 0.340 e. The lowest BCUT2D eigenvalue weighted by Gasteiger charge is -2.02. The van der Waals surface area contributed by atoms with E-state index < -0.39 is 15.8 Å². The second-order valence-electron chi connectivity index (χ2n) is 4.33. The number of sulfone groups is 1. The Bertz CT molecular complexity index is 743. The molecule has 1 heterocycles. The molecule has 6 heteroatoms. The number of carbonyl (C=O) groups excluding carboxylic acids is 1. The lowest BCUT2D eigenvalue weighted by molar-refractivity contribution is 0.0528. The summed E-state index contributed by atoms with van der Waals surface area (Å²) >= 11 is 0. The van der Waals surface area contributed by atoms with Crippen LogP contribution >= 0.6 is 0 Å². The van der Waals surface area contributed by atoms with Gasteiger partial charge in [-0.1, -0.05) is 6.07 Å². The van der Waals surface area contributed by atoms with Gasteiger partial charge < -0.3 is 9.72 Å². The van der Waals surface area contributed by atoms with E-state index in [9.17, 15) is 13.2 Å². The molecule has 1 aromatic heterocycles. The summed E-state index contributed by atoms with van der Waals surface area (Å²) in [5, 5.41) is 0.670. The summed E-state index contributed by atoms with van der Waals surface area (Å²) in [6.45, 7) is 3.79. The number of aryl methyl sites for hydroxylation is 1. The Morgan fingerprint density at radius 3 is 2.63 bits per heavy atom. The zero-order valence-electron chi connectivity index (χ0n) is 11.0. The minimum atomic E-state index is -3.26. The standard InChI is InChI=1S/C13H15NO4S/c1-4-18-13(15)12-8(2)14-11-7-9(19(3,16)17)5-6-10(11)12/h5-7,14H,4H2,1-3H3. The van der Waals surface area contributed by atoms with Gasteiger partial charge in [-0.15, -0.1) is 0 Å². The number of hydrogen-bond donors (Lipinski definition) is 1. The van der Waals surface area contributed by atoms with Gasteiger partial charge in [0.25, 0.3) is 0 Å². The summed E-state index contributed by atoms with van der Waals surface area (Å²) in [5.74, 6) is -0.404. The molecule has 102 valence electrons. The van der Waals surface area contributed by atoms with E-state index in [2.05, 4.69) is 4.98 Å². The van der Waals surface area contributed by atoms with E-state index in [-0.39, 0.29) is 4.90 Å². The van der Waals surface area contributed by atoms with Crippen LogP contribution in [0.25, 0.3) is 10.9 Å². The number of carbonyl (C=O) groups is 1. The van der Waals surface area contributed by atoms with Crippen molar-refractivity contribution in [1.29, 1.82) is 0 Å². The SMILES string of the molecule is CCOC(=O)c1c(C)[nH]c2cc(S(C)(=O)=O)ccc12. The summed E-state index contributed by atoms with van der Waals surface area (Å²) in [6, 6.07) is 4.65. The lowest BCUT2D eigenvalue weighted by atomic mass is 10.1. The molecular formula is C13H15NO4S. The molecule has 0 spiro atoms. The molecule has 0 fully saturated rings. The first-order chi connectivity index (χ1) is 8.84. The third-order valence-electron chi connectivity index (χ3n) is 2.87. The molecule has 0 bridgehead atoms. The van der Waals surface area contributed by atoms with Gasteiger partial charge in [0.15, 0.2) is 9.84 Å². The number of esters is 1. The zero-order chi connectivity index (χ0) is 14.2. The van der Waals surface area contributed by atoms with E-state index in [0.717, 1.165) is 6.26 Å². The number of nitrogens with one attached hydrogen (secondary N) is 1. The second kappa shape index (κ2) is 4.70. The number of ether oxygens (including phenoxy) is 1. The fraction of sp³-hybridized carbons (Fsp3) is 0.308. The molecule has 0 aliphatic rings. The molecule has 1 N–H and O–H groups in total. The summed E-state index contributed by atoms with van der Waals surface area (Å²) in [7, 11) is -3.26. The van der Waals surface area contributed by atoms with Crippen LogP contribution in [0, 0.1) is 6.92 Å². The summed E-state index contributed by atoms with van der Waals surface area (Å²) in [6.07, 6.45) is 1.15. The molecule has 0 unspecified atom stereocenters. The molecule has 0 atom stereocenters. The van der Waals surface area contributed by atoms with Crippen molar-refractivity contribution >= 4 is 26.7 Å². The average molecular weight is 281 g/mol. The van der Waals surface area contributed by atoms with Gasteiger partial charge in [-0.25, -0.2) is 13.2 Å². The number of fused-ring (bicyclic) bond motifs is 1. The Kier molecular flexibility index (Phi) is 3.36. The Balaban J connectivity index is 2.64. The average Bonchev–Trinajstić information content (AvgIpc) is 2.62. The van der Waals surface area contributed by atoms with E-state index >= 15 is 0 Å². The van der Waals surface area contributed by atoms with Gasteiger partial charge in [-0.2, -0.15) is 0 Å². The number of benzene rings is 1. The molecule has 0 aliphatic heterocycles. The second-order valence-corrected chi connectivity index (χ2v) is 6.34. The Morgan fingerprint density at radius 2 is 2.05 bits per heavy atom. The van der Waals surface area contributed by atoms with Crippen LogP contribution in [0.15, 0.2) is 23.1 Å². The third kappa shape index (κ3) is 2.49. The summed E-state index contributed by atoms with van der Waals surface area (Å²) in [4.78, 5) is 15.1. The number of H-pyrrole nitrogens is 1. The quantitative estimate of drug-likeness (QED) is 0.874. The van der Waals surface area contributed by atoms with Crippen molar-refractivity contribution in [3.05, 3.63) is 29.5 Å². The Morgan fingerprint density at radius 1 is 1.37 bits per heavy atom. The fourth-order valence-electron chi connectivity index (χ4n) is 2.01. The molecule has 0 amide bonds. The van der Waals surface area contributed by atoms with Crippen molar-refractivity contribution < 1.29 is 17.9 Å². The van der Waals surface area contributed by atoms with Crippen molar-refractivity contribution in [2.75, 3.05) is 12.9 Å². The normalized spacial score (nSPS) is 11.7. The van der Waals surface area contributed by atoms with Crippen LogP contribution in [0.1, 0.15) is 23.0 Å². The minimum absolute atomic E-state index is 0.219. The van der Waals surface area contributed by atoms with Crippen molar-refractivity contribution in [2.45, 2.75) is 18.7 Å². The highest BCUT2D eigenvalue weighted by atomic mass is 32.2. The predicted molar refractivity (Wildman–Crippen MR) is 72.1 cm³/mol. The van der Waals surface area contributed by atoms with E-state index in [1.807, 2.05) is 0 Å². The summed E-state index contributed by atoms with van der Waals surface area (Å²) < 4.78 is 28.0. The van der Waals surface area contributed by atoms with Gasteiger partial charge in [-0.3, -0.25) is 0 Å². The monoisotopic (exact) mass is 281 g/mol. The first kappa shape index (κ1) is 13.6. The highest BCUT2D eigenvalue weighted by Gasteiger charge is 2.18. The van der Waals surface area contributed by atoms with Crippen molar-refractivity contribution in [3.63, 3.8) is 0 Å². The molecule has 0 saturated carbocycles. The molecule has 19 heavy (non-hydrogen) atoms. The molecular weight excluding hydrogens is 266 g/mol. The molecule has 0 radical (unpaired) electrons. The summed E-state index contributed by atoms with van der Waals surface area (Å²) in [5.41, 5.74) is 1.74. The van der Waals surface area contributed by atoms with E-state index in [0.29, 0.717) is 28.8 Å². The van der Waals surface area contributed by atoms with Crippen LogP contribution in [-0.2, 0) is 14.6 Å². The number of aromatic nitrogens is 1. The van der Waals surface area contributed by atoms with Crippen molar-refractivity contribution in [1.82, 2.24) is 4.98 Å². The molecule has 5 nitrogen and oxygen atoms in total. The predicted octanol–water partition coefficient (Wildman–Crippen LogP) is 2.06. The topological polar surface area (TPSA) is 76.2 Å². The maximum absolute atomic E-state index is 11.9. The zero-order valence-corrected chi connectivity index (χ0v) is 11.8. The van der Waals surface area contributed by atoms with Crippen LogP contribution in [-0.4, -0.2) is 32.2 Å². The number of rotatable bonds is 3. The van der Waals surface area contributed by atoms with Crippen molar-refractivity contribution in [3.8, 4) is 0 Å². The third-order valence-corrected chi connectivity index (χ3v) is 3.98. The van der Waals surface area contributed by atoms with Crippen LogP contribution in [0.2, 0.25) is 0 Å². The highest BCUT2D eigenvalue weighted by molar-refractivity contribution is 7.90. The minimum Gasteiger partial charge on any atom is -0.462 e. The van der Waals surface area contributed by atoms with Crippen LogP contribution in [0.3, 0.4) is 0 Å². The smallest absolute Gasteiger partial charge is 0.340 e. The Labute approximate surface area is 111 Å². The van der Waals surface area contributed by atoms with E-state index in [4.69, 9.17) is 4.74 Å². The van der Waals surface area contributed by atoms with Gasteiger partial charge in [-0.05, 0) is 26.0 Å². The number of aromatic amines is 1. The largest absolute Gasteiger partial charge is 0.462 e. The first-order valence-corrected chi connectivity index (χ1v) is 7.73. The van der Waals surface area contributed by atoms with Crippen LogP contribution in [0.5, 0.6) is 0 Å². The number of hydrogen-bond acceptors (Lipinski definition) is 4. The first-order valence-electron chi connectivity index (χ1n) is 5.84. The molecule has 0 aliphatic carbocycles. The highest BCUT2D eigenvalue weighted by Crippen LogP contribution is 2.25.